The van der Waals surface area contributed by atoms with Gasteiger partial charge in [0, 0.05) is 12.7 Å². The van der Waals surface area contributed by atoms with E-state index in [1.807, 2.05) is 6.07 Å². The molecule has 0 atom stereocenters. The van der Waals surface area contributed by atoms with Crippen molar-refractivity contribution in [1.82, 2.24) is 20.4 Å². The van der Waals surface area contributed by atoms with Gasteiger partial charge >= 0.3 is 0 Å². The lowest BCUT2D eigenvalue weighted by atomic mass is 10.1. The minimum absolute atomic E-state index is 0.0205. The van der Waals surface area contributed by atoms with E-state index in [0.717, 1.165) is 29.8 Å². The van der Waals surface area contributed by atoms with E-state index in [4.69, 9.17) is 4.74 Å². The number of rotatable bonds is 14. The number of carbonyl (C=O) groups excluding carboxylic acids is 2. The summed E-state index contributed by atoms with van der Waals surface area (Å²) in [6.45, 7) is -0.935. The van der Waals surface area contributed by atoms with Gasteiger partial charge in [-0.15, -0.1) is 15.3 Å². The minimum Gasteiger partial charge on any atom is -0.463 e. The number of hydrogen-bond donors (Lipinski definition) is 2. The van der Waals surface area contributed by atoms with Crippen molar-refractivity contribution in [2.24, 2.45) is 0 Å². The lowest BCUT2D eigenvalue weighted by Crippen LogP contribution is -2.16. The molecule has 4 rings (SSSR count). The molecule has 0 aliphatic carbocycles. The Hall–Kier alpha value is -4.30. The summed E-state index contributed by atoms with van der Waals surface area (Å²) in [4.78, 5) is 24.9. The molecule has 0 radical (unpaired) electrons. The van der Waals surface area contributed by atoms with Crippen molar-refractivity contribution in [2.45, 2.75) is 43.4 Å². The highest BCUT2D eigenvalue weighted by molar-refractivity contribution is 7.90. The second kappa shape index (κ2) is 14.5. The van der Waals surface area contributed by atoms with Crippen molar-refractivity contribution in [3.8, 4) is 5.75 Å². The molecule has 0 saturated carbocycles. The van der Waals surface area contributed by atoms with Crippen molar-refractivity contribution in [2.75, 3.05) is 23.7 Å². The van der Waals surface area contributed by atoms with E-state index in [0.29, 0.717) is 40.7 Å². The van der Waals surface area contributed by atoms with Crippen LogP contribution in [-0.2, 0) is 45.1 Å². The van der Waals surface area contributed by atoms with Crippen molar-refractivity contribution < 1.29 is 27.1 Å². The fraction of sp³-hybridized carbons (Fsp3) is 0.286. The van der Waals surface area contributed by atoms with Gasteiger partial charge in [-0.2, -0.15) is 5.10 Å². The zero-order valence-electron chi connectivity index (χ0n) is 22.7. The maximum absolute atomic E-state index is 12.4. The second-order valence-corrected chi connectivity index (χ2v) is 12.5. The lowest BCUT2D eigenvalue weighted by molar-refractivity contribution is -0.116. The number of unbranched alkanes of at least 4 members (excludes halogenated alkanes) is 1. The number of halogens is 1. The quantitative estimate of drug-likeness (QED) is 0.201. The average Bonchev–Trinajstić information content (AvgIpc) is 3.39. The first-order chi connectivity index (χ1) is 20.2. The van der Waals surface area contributed by atoms with Crippen molar-refractivity contribution in [3.05, 3.63) is 82.5 Å². The predicted molar refractivity (Wildman–Crippen MR) is 156 cm³/mol. The van der Waals surface area contributed by atoms with E-state index in [1.165, 1.54) is 23.5 Å². The molecule has 0 spiro atoms. The molecule has 0 saturated heterocycles. The summed E-state index contributed by atoms with van der Waals surface area (Å²) >= 11 is 1.29. The highest BCUT2D eigenvalue weighted by atomic mass is 32.2. The molecular weight excluding hydrogens is 583 g/mol. The van der Waals surface area contributed by atoms with E-state index in [9.17, 15) is 22.4 Å². The van der Waals surface area contributed by atoms with Crippen LogP contribution in [0.25, 0.3) is 0 Å². The fourth-order valence-electron chi connectivity index (χ4n) is 3.96. The molecule has 0 fully saturated rings. The number of nitrogens with zero attached hydrogens (tertiary/aromatic N) is 4. The van der Waals surface area contributed by atoms with Crippen LogP contribution in [-0.4, -0.2) is 53.7 Å². The highest BCUT2D eigenvalue weighted by Crippen LogP contribution is 2.19. The number of aromatic nitrogens is 4. The Morgan fingerprint density at radius 2 is 1.57 bits per heavy atom. The Kier molecular flexibility index (Phi) is 10.6. The van der Waals surface area contributed by atoms with Crippen molar-refractivity contribution in [1.29, 1.82) is 0 Å². The van der Waals surface area contributed by atoms with Crippen LogP contribution in [0.2, 0.25) is 0 Å². The summed E-state index contributed by atoms with van der Waals surface area (Å²) in [6.07, 6.45) is 4.26. The molecule has 220 valence electrons. The van der Waals surface area contributed by atoms with Gasteiger partial charge in [0.15, 0.2) is 15.7 Å². The fourth-order valence-corrected chi connectivity index (χ4v) is 5.45. The van der Waals surface area contributed by atoms with E-state index in [-0.39, 0.29) is 29.6 Å². The van der Waals surface area contributed by atoms with Crippen molar-refractivity contribution >= 4 is 43.9 Å². The molecule has 14 heteroatoms. The Morgan fingerprint density at radius 1 is 0.857 bits per heavy atom. The van der Waals surface area contributed by atoms with Gasteiger partial charge in [0.25, 0.3) is 0 Å². The summed E-state index contributed by atoms with van der Waals surface area (Å²) in [5, 5.41) is 23.0. The molecule has 42 heavy (non-hydrogen) atoms. The summed E-state index contributed by atoms with van der Waals surface area (Å²) < 4.78 is 40.6. The van der Waals surface area contributed by atoms with E-state index in [1.54, 1.807) is 42.5 Å². The molecule has 0 unspecified atom stereocenters. The maximum atomic E-state index is 12.4. The third-order valence-electron chi connectivity index (χ3n) is 5.95. The van der Waals surface area contributed by atoms with E-state index in [2.05, 4.69) is 31.0 Å². The number of benzene rings is 2. The largest absolute Gasteiger partial charge is 0.463 e. The second-order valence-electron chi connectivity index (χ2n) is 9.39. The van der Waals surface area contributed by atoms with E-state index < -0.39 is 16.7 Å². The van der Waals surface area contributed by atoms with Gasteiger partial charge in [-0.05, 0) is 66.8 Å². The molecule has 0 aliphatic heterocycles. The summed E-state index contributed by atoms with van der Waals surface area (Å²) in [7, 11) is -3.35. The minimum atomic E-state index is -3.35. The molecule has 0 aliphatic rings. The third kappa shape index (κ3) is 9.66. The molecule has 2 amide bonds. The number of sulfone groups is 1. The molecule has 4 aromatic rings. The number of ether oxygens (including phenoxy) is 1. The average molecular weight is 613 g/mol. The van der Waals surface area contributed by atoms with Crippen LogP contribution in [0.3, 0.4) is 0 Å². The van der Waals surface area contributed by atoms with Crippen LogP contribution in [0.4, 0.5) is 15.3 Å². The normalized spacial score (nSPS) is 11.2. The maximum Gasteiger partial charge on any atom is 0.230 e. The zero-order chi connectivity index (χ0) is 30.0. The number of nitrogens with one attached hydrogen (secondary N) is 2. The van der Waals surface area contributed by atoms with Gasteiger partial charge < -0.3 is 15.4 Å². The third-order valence-corrected chi connectivity index (χ3v) is 7.96. The first-order valence-electron chi connectivity index (χ1n) is 13.0. The lowest BCUT2D eigenvalue weighted by Gasteiger charge is -2.06. The number of hydrogen-bond acceptors (Lipinski definition) is 10. The zero-order valence-corrected chi connectivity index (χ0v) is 24.4. The van der Waals surface area contributed by atoms with Gasteiger partial charge in [0.05, 0.1) is 23.4 Å². The van der Waals surface area contributed by atoms with Crippen LogP contribution in [0.5, 0.6) is 5.75 Å². The predicted octanol–water partition coefficient (Wildman–Crippen LogP) is 3.97. The molecule has 2 N–H and O–H groups in total. The number of anilines is 2. The SMILES string of the molecule is CS(=O)(=O)c1cccc(CC(=O)Nc2nnc(CCCCc3ccc(NC(=O)Cc4cccc(OCF)c4)nn3)s2)c1. The summed E-state index contributed by atoms with van der Waals surface area (Å²) in [5.74, 6) is 0.116. The van der Waals surface area contributed by atoms with Gasteiger partial charge in [-0.3, -0.25) is 9.59 Å². The van der Waals surface area contributed by atoms with Gasteiger partial charge in [0.1, 0.15) is 10.8 Å². The Balaban J connectivity index is 1.16. The summed E-state index contributed by atoms with van der Waals surface area (Å²) in [5.41, 5.74) is 2.06. The number of aryl methyl sites for hydroxylation is 2. The first-order valence-corrected chi connectivity index (χ1v) is 15.7. The number of carbonyl (C=O) groups is 2. The molecule has 2 aromatic heterocycles. The Labute approximate surface area is 246 Å². The smallest absolute Gasteiger partial charge is 0.230 e. The molecule has 11 nitrogen and oxygen atoms in total. The van der Waals surface area contributed by atoms with Crippen LogP contribution in [0.1, 0.15) is 34.7 Å². The van der Waals surface area contributed by atoms with Crippen LogP contribution in [0.15, 0.2) is 65.6 Å². The molecule has 0 bridgehead atoms. The van der Waals surface area contributed by atoms with E-state index >= 15 is 0 Å². The van der Waals surface area contributed by atoms with Crippen molar-refractivity contribution in [3.63, 3.8) is 0 Å². The first kappa shape index (κ1) is 30.7. The van der Waals surface area contributed by atoms with Gasteiger partial charge in [-0.25, -0.2) is 12.8 Å². The van der Waals surface area contributed by atoms with Crippen LogP contribution >= 0.6 is 11.3 Å². The monoisotopic (exact) mass is 612 g/mol. The molecule has 2 heterocycles. The molecule has 2 aromatic carbocycles. The van der Waals surface area contributed by atoms with Crippen LogP contribution in [0, 0.1) is 0 Å². The molecular formula is C28H29FN6O5S2. The number of alkyl halides is 1. The summed E-state index contributed by atoms with van der Waals surface area (Å²) in [6, 6.07) is 16.5. The topological polar surface area (TPSA) is 153 Å². The van der Waals surface area contributed by atoms with Crippen LogP contribution < -0.4 is 15.4 Å². The Bertz CT molecular complexity index is 1630. The van der Waals surface area contributed by atoms with Gasteiger partial charge in [0.2, 0.25) is 23.8 Å². The highest BCUT2D eigenvalue weighted by Gasteiger charge is 2.12. The van der Waals surface area contributed by atoms with Gasteiger partial charge in [-0.1, -0.05) is 35.6 Å². The Morgan fingerprint density at radius 3 is 2.29 bits per heavy atom. The standard InChI is InChI=1S/C28H29FN6O5S2/c1-42(38,39)23-10-5-7-20(15-23)17-26(37)31-28-35-34-27(41-28)11-3-2-8-21-12-13-24(33-32-21)30-25(36)16-19-6-4-9-22(14-19)40-18-29/h4-7,9-10,12-15H,2-3,8,11,16-18H2,1H3,(H,30,33,36)(H,31,35,37). The number of amides is 2.